The number of amides is 2. The molecule has 0 aliphatic rings. The lowest BCUT2D eigenvalue weighted by Gasteiger charge is -2.22. The second-order valence-electron chi connectivity index (χ2n) is 6.41. The summed E-state index contributed by atoms with van der Waals surface area (Å²) in [4.78, 5) is 24.9. The predicted octanol–water partition coefficient (Wildman–Crippen LogP) is 3.50. The molecule has 0 aliphatic heterocycles. The van der Waals surface area contributed by atoms with E-state index in [1.165, 1.54) is 6.07 Å². The molecule has 0 radical (unpaired) electrons. The van der Waals surface area contributed by atoms with Crippen molar-refractivity contribution in [1.82, 2.24) is 5.32 Å². The van der Waals surface area contributed by atoms with Crippen molar-refractivity contribution in [2.24, 2.45) is 5.92 Å². The van der Waals surface area contributed by atoms with E-state index in [2.05, 4.69) is 10.6 Å². The van der Waals surface area contributed by atoms with Crippen LogP contribution < -0.4 is 10.6 Å². The second kappa shape index (κ2) is 9.23. The Balaban J connectivity index is 2.16. The van der Waals surface area contributed by atoms with Crippen molar-refractivity contribution in [1.29, 1.82) is 0 Å². The van der Waals surface area contributed by atoms with Crippen LogP contribution >= 0.6 is 0 Å². The van der Waals surface area contributed by atoms with Crippen molar-refractivity contribution in [3.8, 4) is 0 Å². The van der Waals surface area contributed by atoms with Gasteiger partial charge in [0.25, 0.3) is 5.91 Å². The van der Waals surface area contributed by atoms with Crippen LogP contribution in [0.3, 0.4) is 0 Å². The summed E-state index contributed by atoms with van der Waals surface area (Å²) in [5, 5.41) is 5.13. The van der Waals surface area contributed by atoms with E-state index in [1.807, 2.05) is 6.07 Å². The van der Waals surface area contributed by atoms with E-state index < -0.39 is 35.1 Å². The van der Waals surface area contributed by atoms with Gasteiger partial charge in [0.15, 0.2) is 0 Å². The number of anilines is 1. The first kappa shape index (κ1) is 20.5. The van der Waals surface area contributed by atoms with Gasteiger partial charge >= 0.3 is 0 Å². The van der Waals surface area contributed by atoms with Crippen LogP contribution in [0.5, 0.6) is 0 Å². The van der Waals surface area contributed by atoms with Crippen molar-refractivity contribution in [2.45, 2.75) is 26.5 Å². The number of hydrogen-bond acceptors (Lipinski definition) is 3. The van der Waals surface area contributed by atoms with Crippen LogP contribution in [0.15, 0.2) is 42.5 Å². The molecule has 2 aromatic rings. The molecule has 0 aliphatic carbocycles. The van der Waals surface area contributed by atoms with Gasteiger partial charge in [0, 0.05) is 12.8 Å². The van der Waals surface area contributed by atoms with Gasteiger partial charge in [0.1, 0.15) is 23.2 Å². The number of halogens is 2. The van der Waals surface area contributed by atoms with E-state index in [4.69, 9.17) is 4.74 Å². The van der Waals surface area contributed by atoms with Crippen LogP contribution in [-0.2, 0) is 16.1 Å². The monoisotopic (exact) mass is 376 g/mol. The summed E-state index contributed by atoms with van der Waals surface area (Å²) in [7, 11) is 1.57. The van der Waals surface area contributed by atoms with Crippen LogP contribution in [-0.4, -0.2) is 25.0 Å². The van der Waals surface area contributed by atoms with E-state index in [9.17, 15) is 18.4 Å². The smallest absolute Gasteiger partial charge is 0.257 e. The number of benzene rings is 2. The topological polar surface area (TPSA) is 67.4 Å². The standard InChI is InChI=1S/C20H22F2N2O3/c1-12(2)18(24-19(25)17-15(21)8-5-9-16(17)22)20(26)23-14-7-4-6-13(10-14)11-27-3/h4-10,12,18H,11H2,1-3H3,(H,23,26)(H,24,25)/t18-/m1/s1. The van der Waals surface area contributed by atoms with Crippen molar-refractivity contribution in [2.75, 3.05) is 12.4 Å². The average Bonchev–Trinajstić information content (AvgIpc) is 2.59. The maximum atomic E-state index is 13.8. The Morgan fingerprint density at radius 1 is 1.07 bits per heavy atom. The molecule has 7 heteroatoms. The summed E-state index contributed by atoms with van der Waals surface area (Å²) in [5.74, 6) is -3.73. The SMILES string of the molecule is COCc1cccc(NC(=O)[C@H](NC(=O)c2c(F)cccc2F)C(C)C)c1. The zero-order valence-corrected chi connectivity index (χ0v) is 15.4. The molecule has 2 rings (SSSR count). The molecular weight excluding hydrogens is 354 g/mol. The highest BCUT2D eigenvalue weighted by atomic mass is 19.1. The highest BCUT2D eigenvalue weighted by Gasteiger charge is 2.27. The van der Waals surface area contributed by atoms with Gasteiger partial charge in [-0.3, -0.25) is 9.59 Å². The van der Waals surface area contributed by atoms with Gasteiger partial charge in [-0.25, -0.2) is 8.78 Å². The quantitative estimate of drug-likeness (QED) is 0.777. The Hall–Kier alpha value is -2.80. The molecule has 144 valence electrons. The lowest BCUT2D eigenvalue weighted by atomic mass is 10.0. The zero-order chi connectivity index (χ0) is 20.0. The largest absolute Gasteiger partial charge is 0.380 e. The van der Waals surface area contributed by atoms with E-state index in [0.717, 1.165) is 17.7 Å². The maximum absolute atomic E-state index is 13.8. The van der Waals surface area contributed by atoms with Gasteiger partial charge < -0.3 is 15.4 Å². The highest BCUT2D eigenvalue weighted by Crippen LogP contribution is 2.15. The fourth-order valence-corrected chi connectivity index (χ4v) is 2.59. The number of methoxy groups -OCH3 is 1. The maximum Gasteiger partial charge on any atom is 0.257 e. The third-order valence-corrected chi connectivity index (χ3v) is 3.93. The lowest BCUT2D eigenvalue weighted by molar-refractivity contribution is -0.118. The predicted molar refractivity (Wildman–Crippen MR) is 98.2 cm³/mol. The highest BCUT2D eigenvalue weighted by molar-refractivity contribution is 6.01. The number of carbonyl (C=O) groups excluding carboxylic acids is 2. The van der Waals surface area contributed by atoms with Gasteiger partial charge in [-0.1, -0.05) is 32.0 Å². The van der Waals surface area contributed by atoms with Crippen molar-refractivity contribution in [3.63, 3.8) is 0 Å². The normalized spacial score (nSPS) is 11.9. The molecule has 2 aromatic carbocycles. The van der Waals surface area contributed by atoms with Crippen molar-refractivity contribution >= 4 is 17.5 Å². The lowest BCUT2D eigenvalue weighted by Crippen LogP contribution is -2.47. The molecule has 0 bridgehead atoms. The zero-order valence-electron chi connectivity index (χ0n) is 15.4. The van der Waals surface area contributed by atoms with Gasteiger partial charge in [-0.2, -0.15) is 0 Å². The number of carbonyl (C=O) groups is 2. The second-order valence-corrected chi connectivity index (χ2v) is 6.41. The van der Waals surface area contributed by atoms with Crippen LogP contribution in [0.25, 0.3) is 0 Å². The summed E-state index contributed by atoms with van der Waals surface area (Å²) in [5.41, 5.74) is 0.693. The molecule has 1 atom stereocenters. The van der Waals surface area contributed by atoms with Gasteiger partial charge in [0.05, 0.1) is 6.61 Å². The molecular formula is C20H22F2N2O3. The number of hydrogen-bond donors (Lipinski definition) is 2. The summed E-state index contributed by atoms with van der Waals surface area (Å²) in [6, 6.07) is 9.24. The molecule has 0 saturated carbocycles. The minimum Gasteiger partial charge on any atom is -0.380 e. The number of nitrogens with one attached hydrogen (secondary N) is 2. The van der Waals surface area contributed by atoms with Crippen LogP contribution in [0.4, 0.5) is 14.5 Å². The Bertz CT molecular complexity index is 804. The van der Waals surface area contributed by atoms with E-state index >= 15 is 0 Å². The Morgan fingerprint density at radius 2 is 1.70 bits per heavy atom. The molecule has 0 aromatic heterocycles. The molecule has 2 amide bonds. The first-order valence-corrected chi connectivity index (χ1v) is 8.47. The molecule has 5 nitrogen and oxygen atoms in total. The summed E-state index contributed by atoms with van der Waals surface area (Å²) >= 11 is 0. The number of rotatable bonds is 7. The minimum absolute atomic E-state index is 0.300. The van der Waals surface area contributed by atoms with Crippen molar-refractivity contribution < 1.29 is 23.1 Å². The van der Waals surface area contributed by atoms with Crippen LogP contribution in [0.1, 0.15) is 29.8 Å². The van der Waals surface area contributed by atoms with Crippen molar-refractivity contribution in [3.05, 3.63) is 65.2 Å². The van der Waals surface area contributed by atoms with Crippen LogP contribution in [0, 0.1) is 17.6 Å². The number of ether oxygens (including phenoxy) is 1. The molecule has 0 unspecified atom stereocenters. The molecule has 0 fully saturated rings. The fraction of sp³-hybridized carbons (Fsp3) is 0.300. The first-order valence-electron chi connectivity index (χ1n) is 8.47. The molecule has 2 N–H and O–H groups in total. The molecule has 0 saturated heterocycles. The molecule has 27 heavy (non-hydrogen) atoms. The molecule has 0 spiro atoms. The third-order valence-electron chi connectivity index (χ3n) is 3.93. The third kappa shape index (κ3) is 5.34. The summed E-state index contributed by atoms with van der Waals surface area (Å²) < 4.78 is 32.7. The van der Waals surface area contributed by atoms with E-state index in [0.29, 0.717) is 12.3 Å². The Kier molecular flexibility index (Phi) is 7.01. The first-order chi connectivity index (χ1) is 12.8. The minimum atomic E-state index is -0.984. The van der Waals surface area contributed by atoms with Crippen LogP contribution in [0.2, 0.25) is 0 Å². The van der Waals surface area contributed by atoms with Gasteiger partial charge in [0.2, 0.25) is 5.91 Å². The summed E-state index contributed by atoms with van der Waals surface area (Å²) in [6.45, 7) is 3.84. The van der Waals surface area contributed by atoms with Gasteiger partial charge in [-0.05, 0) is 35.7 Å². The van der Waals surface area contributed by atoms with Gasteiger partial charge in [-0.15, -0.1) is 0 Å². The van der Waals surface area contributed by atoms with E-state index in [-0.39, 0.29) is 5.92 Å². The fourth-order valence-electron chi connectivity index (χ4n) is 2.59. The van der Waals surface area contributed by atoms with E-state index in [1.54, 1.807) is 39.2 Å². The Labute approximate surface area is 156 Å². The summed E-state index contributed by atoms with van der Waals surface area (Å²) in [6.07, 6.45) is 0. The Morgan fingerprint density at radius 3 is 2.30 bits per heavy atom. The molecule has 0 heterocycles. The average molecular weight is 376 g/mol.